The summed E-state index contributed by atoms with van der Waals surface area (Å²) in [6.07, 6.45) is 5.63. The van der Waals surface area contributed by atoms with Gasteiger partial charge >= 0.3 is 0 Å². The van der Waals surface area contributed by atoms with Crippen molar-refractivity contribution < 1.29 is 0 Å². The normalized spacial score (nSPS) is 11.5. The van der Waals surface area contributed by atoms with Crippen LogP contribution < -0.4 is 10.6 Å². The lowest BCUT2D eigenvalue weighted by Gasteiger charge is -2.14. The van der Waals surface area contributed by atoms with Gasteiger partial charge in [0, 0.05) is 42.3 Å². The van der Waals surface area contributed by atoms with Gasteiger partial charge in [0.1, 0.15) is 0 Å². The molecule has 2 aromatic carbocycles. The van der Waals surface area contributed by atoms with Crippen LogP contribution in [-0.4, -0.2) is 22.6 Å². The van der Waals surface area contributed by atoms with Gasteiger partial charge in [-0.05, 0) is 41.3 Å². The molecule has 4 aromatic rings. The van der Waals surface area contributed by atoms with E-state index in [4.69, 9.17) is 0 Å². The molecule has 2 aromatic heterocycles. The average molecular weight is 430 g/mol. The second kappa shape index (κ2) is 10.1. The minimum absolute atomic E-state index is 0.704. The minimum Gasteiger partial charge on any atom is -0.352 e. The van der Waals surface area contributed by atoms with Crippen LogP contribution in [0.3, 0.4) is 0 Å². The lowest BCUT2D eigenvalue weighted by Crippen LogP contribution is -2.36. The van der Waals surface area contributed by atoms with Gasteiger partial charge in [-0.3, -0.25) is 4.99 Å². The number of hydrogen-bond donors (Lipinski definition) is 2. The van der Waals surface area contributed by atoms with E-state index >= 15 is 0 Å². The van der Waals surface area contributed by atoms with Crippen LogP contribution in [0.2, 0.25) is 0 Å². The van der Waals surface area contributed by atoms with Gasteiger partial charge in [-0.2, -0.15) is 0 Å². The van der Waals surface area contributed by atoms with Crippen LogP contribution in [0.15, 0.2) is 84.4 Å². The molecule has 0 atom stereocenters. The number of aryl methyl sites for hydroxylation is 1. The first-order chi connectivity index (χ1) is 15.2. The maximum atomic E-state index is 4.37. The molecule has 4 rings (SSSR count). The standard InChI is InChI=1S/C25H27N5S/c1-19-7-12-23(31-19)16-29-25(26-2)28-15-22-5-3-4-6-24(22)21-10-8-20(9-11-21)17-30-14-13-27-18-30/h3-14,18H,15-17H2,1-2H3,(H2,26,28,29). The van der Waals surface area contributed by atoms with Crippen LogP contribution in [0.4, 0.5) is 0 Å². The van der Waals surface area contributed by atoms with Crippen LogP contribution in [0.1, 0.15) is 20.9 Å². The molecule has 0 bridgehead atoms. The highest BCUT2D eigenvalue weighted by molar-refractivity contribution is 7.11. The van der Waals surface area contributed by atoms with Crippen molar-refractivity contribution in [2.75, 3.05) is 7.05 Å². The molecule has 0 radical (unpaired) electrons. The lowest BCUT2D eigenvalue weighted by molar-refractivity contribution is 0.797. The SMILES string of the molecule is CN=C(NCc1ccc(C)s1)NCc1ccccc1-c1ccc(Cn2ccnc2)cc1. The molecule has 2 heterocycles. The van der Waals surface area contributed by atoms with Crippen LogP contribution in [0.5, 0.6) is 0 Å². The number of thiophene rings is 1. The van der Waals surface area contributed by atoms with Crippen molar-refractivity contribution in [2.45, 2.75) is 26.6 Å². The Labute approximate surface area is 187 Å². The summed E-state index contributed by atoms with van der Waals surface area (Å²) >= 11 is 1.81. The molecular weight excluding hydrogens is 402 g/mol. The number of aliphatic imine (C=N–C) groups is 1. The fourth-order valence-corrected chi connectivity index (χ4v) is 4.32. The maximum absolute atomic E-state index is 4.37. The number of hydrogen-bond acceptors (Lipinski definition) is 3. The van der Waals surface area contributed by atoms with E-state index in [1.807, 2.05) is 18.7 Å². The molecule has 0 spiro atoms. The number of nitrogens with zero attached hydrogens (tertiary/aromatic N) is 3. The first-order valence-corrected chi connectivity index (χ1v) is 11.2. The zero-order valence-corrected chi connectivity index (χ0v) is 18.7. The zero-order chi connectivity index (χ0) is 21.5. The van der Waals surface area contributed by atoms with E-state index in [0.717, 1.165) is 19.0 Å². The highest BCUT2D eigenvalue weighted by Crippen LogP contribution is 2.24. The van der Waals surface area contributed by atoms with Gasteiger partial charge in [0.05, 0.1) is 12.9 Å². The molecule has 0 unspecified atom stereocenters. The Balaban J connectivity index is 1.40. The summed E-state index contributed by atoms with van der Waals surface area (Å²) in [5.41, 5.74) is 4.93. The number of imidazole rings is 1. The van der Waals surface area contributed by atoms with Crippen molar-refractivity contribution >= 4 is 17.3 Å². The summed E-state index contributed by atoms with van der Waals surface area (Å²) in [6, 6.07) is 21.6. The largest absolute Gasteiger partial charge is 0.352 e. The van der Waals surface area contributed by atoms with Gasteiger partial charge in [0.25, 0.3) is 0 Å². The van der Waals surface area contributed by atoms with Crippen molar-refractivity contribution in [3.05, 3.63) is 100 Å². The second-order valence-electron chi connectivity index (χ2n) is 7.38. The molecule has 0 aliphatic heterocycles. The highest BCUT2D eigenvalue weighted by Gasteiger charge is 2.07. The summed E-state index contributed by atoms with van der Waals surface area (Å²) in [5, 5.41) is 6.85. The van der Waals surface area contributed by atoms with E-state index in [9.17, 15) is 0 Å². The number of benzene rings is 2. The Bertz CT molecular complexity index is 1130. The number of guanidine groups is 1. The highest BCUT2D eigenvalue weighted by atomic mass is 32.1. The molecule has 31 heavy (non-hydrogen) atoms. The van der Waals surface area contributed by atoms with Crippen molar-refractivity contribution in [3.63, 3.8) is 0 Å². The molecule has 0 aliphatic carbocycles. The Morgan fingerprint density at radius 1 is 1.00 bits per heavy atom. The van der Waals surface area contributed by atoms with Crippen molar-refractivity contribution in [1.29, 1.82) is 0 Å². The quantitative estimate of drug-likeness (QED) is 0.327. The van der Waals surface area contributed by atoms with E-state index in [2.05, 4.69) is 92.8 Å². The predicted molar refractivity (Wildman–Crippen MR) is 129 cm³/mol. The van der Waals surface area contributed by atoms with Crippen LogP contribution in [0.25, 0.3) is 11.1 Å². The summed E-state index contributed by atoms with van der Waals surface area (Å²) in [6.45, 7) is 4.44. The van der Waals surface area contributed by atoms with Gasteiger partial charge < -0.3 is 15.2 Å². The summed E-state index contributed by atoms with van der Waals surface area (Å²) in [7, 11) is 1.81. The zero-order valence-electron chi connectivity index (χ0n) is 17.9. The number of nitrogens with one attached hydrogen (secondary N) is 2. The van der Waals surface area contributed by atoms with Crippen molar-refractivity contribution in [3.8, 4) is 11.1 Å². The third-order valence-electron chi connectivity index (χ3n) is 5.10. The Hall–Kier alpha value is -3.38. The number of aromatic nitrogens is 2. The molecule has 0 amide bonds. The molecule has 0 saturated carbocycles. The molecule has 2 N–H and O–H groups in total. The predicted octanol–water partition coefficient (Wildman–Crippen LogP) is 4.83. The number of rotatable bonds is 7. The van der Waals surface area contributed by atoms with E-state index in [0.29, 0.717) is 6.54 Å². The van der Waals surface area contributed by atoms with Crippen molar-refractivity contribution in [2.24, 2.45) is 4.99 Å². The van der Waals surface area contributed by atoms with Gasteiger partial charge in [0.2, 0.25) is 0 Å². The maximum Gasteiger partial charge on any atom is 0.191 e. The smallest absolute Gasteiger partial charge is 0.191 e. The first kappa shape index (κ1) is 20.9. The molecule has 158 valence electrons. The molecular formula is C25H27N5S. The van der Waals surface area contributed by atoms with Gasteiger partial charge in [-0.25, -0.2) is 4.98 Å². The fraction of sp³-hybridized carbons (Fsp3) is 0.200. The first-order valence-electron chi connectivity index (χ1n) is 10.3. The van der Waals surface area contributed by atoms with Crippen LogP contribution in [-0.2, 0) is 19.6 Å². The topological polar surface area (TPSA) is 54.2 Å². The Morgan fingerprint density at radius 2 is 1.81 bits per heavy atom. The molecule has 0 aliphatic rings. The monoisotopic (exact) mass is 429 g/mol. The molecule has 0 saturated heterocycles. The van der Waals surface area contributed by atoms with Gasteiger partial charge in [0.15, 0.2) is 5.96 Å². The summed E-state index contributed by atoms with van der Waals surface area (Å²) < 4.78 is 2.07. The third-order valence-corrected chi connectivity index (χ3v) is 6.10. The molecule has 6 heteroatoms. The molecule has 5 nitrogen and oxygen atoms in total. The third kappa shape index (κ3) is 5.61. The summed E-state index contributed by atoms with van der Waals surface area (Å²) in [4.78, 5) is 11.1. The summed E-state index contributed by atoms with van der Waals surface area (Å²) in [5.74, 6) is 0.802. The molecule has 0 fully saturated rings. The second-order valence-corrected chi connectivity index (χ2v) is 8.75. The van der Waals surface area contributed by atoms with Gasteiger partial charge in [-0.1, -0.05) is 48.5 Å². The minimum atomic E-state index is 0.704. The lowest BCUT2D eigenvalue weighted by atomic mass is 9.98. The Morgan fingerprint density at radius 3 is 2.52 bits per heavy atom. The Kier molecular flexibility index (Phi) is 6.79. The van der Waals surface area contributed by atoms with E-state index in [-0.39, 0.29) is 0 Å². The van der Waals surface area contributed by atoms with E-state index in [1.54, 1.807) is 18.4 Å². The fourth-order valence-electron chi connectivity index (χ4n) is 3.49. The average Bonchev–Trinajstić information content (AvgIpc) is 3.46. The van der Waals surface area contributed by atoms with Crippen LogP contribution in [0, 0.1) is 6.92 Å². The van der Waals surface area contributed by atoms with E-state index in [1.165, 1.54) is 32.0 Å². The van der Waals surface area contributed by atoms with Gasteiger partial charge in [-0.15, -0.1) is 11.3 Å². The van der Waals surface area contributed by atoms with E-state index < -0.39 is 0 Å². The van der Waals surface area contributed by atoms with Crippen molar-refractivity contribution in [1.82, 2.24) is 20.2 Å². The van der Waals surface area contributed by atoms with Crippen LogP contribution >= 0.6 is 11.3 Å².